The molecule has 0 bridgehead atoms. The number of phosphoric ester groups is 2. The summed E-state index contributed by atoms with van der Waals surface area (Å²) in [7, 11) is -7.91. The molecular weight excluding hydrogens is 1360 g/mol. The van der Waals surface area contributed by atoms with E-state index in [1.165, 1.54) is 11.1 Å². The van der Waals surface area contributed by atoms with Crippen molar-refractivity contribution in [1.29, 1.82) is 0 Å². The fourth-order valence-electron chi connectivity index (χ4n) is 8.08. The van der Waals surface area contributed by atoms with Crippen LogP contribution in [0, 0.1) is 0 Å². The molecule has 0 saturated heterocycles. The number of ether oxygens (including phenoxy) is 2. The second kappa shape index (κ2) is 43.0. The number of hydrogen-bond donors (Lipinski definition) is 2. The summed E-state index contributed by atoms with van der Waals surface area (Å²) in [6.07, 6.45) is 0. The molecule has 0 fully saturated rings. The minimum atomic E-state index is -4.02. The Balaban J connectivity index is 0.000000593. The summed E-state index contributed by atoms with van der Waals surface area (Å²) < 4.78 is 64.2. The van der Waals surface area contributed by atoms with Gasteiger partial charge in [-0.05, 0) is 91.1 Å². The van der Waals surface area contributed by atoms with E-state index in [-0.39, 0.29) is 80.9 Å². The van der Waals surface area contributed by atoms with Crippen LogP contribution in [0.1, 0.15) is 182 Å². The molecule has 0 aliphatic rings. The maximum absolute atomic E-state index is 13.4. The zero-order valence-corrected chi connectivity index (χ0v) is 57.5. The van der Waals surface area contributed by atoms with Gasteiger partial charge in [0.1, 0.15) is 17.2 Å². The van der Waals surface area contributed by atoms with Gasteiger partial charge in [0, 0.05) is 22.4 Å². The normalized spacial score (nSPS) is 11.0. The average molecular weight is 1450 g/mol. The van der Waals surface area contributed by atoms with E-state index in [0.717, 1.165) is 56.0 Å². The first kappa shape index (κ1) is 79.2. The second-order valence-corrected chi connectivity index (χ2v) is 26.2. The minimum absolute atomic E-state index is 0. The van der Waals surface area contributed by atoms with E-state index < -0.39 is 15.6 Å². The Morgan fingerprint density at radius 2 is 0.647 bits per heavy atom. The van der Waals surface area contributed by atoms with Gasteiger partial charge in [0.05, 0.1) is 30.3 Å². The van der Waals surface area contributed by atoms with Gasteiger partial charge in [0.2, 0.25) is 0 Å². The van der Waals surface area contributed by atoms with Crippen LogP contribution in [-0.2, 0) is 80.6 Å². The number of hydrogen-bond acceptors (Lipinski definition) is 10. The summed E-state index contributed by atoms with van der Waals surface area (Å²) in [6, 6.07) is 56.0. The van der Waals surface area contributed by atoms with Gasteiger partial charge in [0.25, 0.3) is 0 Å². The van der Waals surface area contributed by atoms with Crippen molar-refractivity contribution in [3.63, 3.8) is 0 Å². The van der Waals surface area contributed by atoms with Gasteiger partial charge in [0.15, 0.2) is 12.9 Å². The summed E-state index contributed by atoms with van der Waals surface area (Å²) in [5.41, 5.74) is 10.1. The number of benzene rings is 7. The van der Waals surface area contributed by atoms with Crippen LogP contribution >= 0.6 is 61.4 Å². The molecule has 0 aliphatic heterocycles. The van der Waals surface area contributed by atoms with Crippen LogP contribution < -0.4 is 9.47 Å². The molecule has 0 saturated carbocycles. The van der Waals surface area contributed by atoms with Crippen LogP contribution in [0.25, 0.3) is 0 Å². The van der Waals surface area contributed by atoms with Crippen LogP contribution in [-0.4, -0.2) is 26.7 Å². The van der Waals surface area contributed by atoms with Gasteiger partial charge < -0.3 is 19.5 Å². The molecule has 471 valence electrons. The van der Waals surface area contributed by atoms with Crippen LogP contribution in [0.3, 0.4) is 0 Å². The minimum Gasteiger partial charge on any atom is -0.507 e. The standard InChI is InChI=1S/C27H33O5P.C14H15O4P.C13H19ClO.C12H18O.CH2ClI.CH4.Ag/c1-21(2)25-16-11-17-26(22(3)4)27(25)29-20-32-33(28,30-18-23-12-7-5-8-13-23)31-19-24-14-9-6-10-15-24;15-19(16,17-11-13-7-3-1-4-8-13)18-12-14-9-5-2-6-10-14;1-9(2)11-6-5-7-12(10(3)4)13(11)15-8-14;1-8(2)10-6-5-7-11(9(3)4)12(10)13;2-1-3;;/h5-17,21-22H,18-20H2,1-4H3;1-10H,11-12H2,(H,15,16);5-7,9-10H,8H2,1-4H3;5-9,13H,1-4H3;1H2;1H4;. The van der Waals surface area contributed by atoms with E-state index in [1.54, 1.807) is 0 Å². The number of para-hydroxylation sites is 3. The first-order valence-electron chi connectivity index (χ1n) is 27.9. The third kappa shape index (κ3) is 29.8. The molecule has 0 spiro atoms. The van der Waals surface area contributed by atoms with Crippen LogP contribution in [0.15, 0.2) is 176 Å². The second-order valence-electron chi connectivity index (χ2n) is 20.9. The van der Waals surface area contributed by atoms with Gasteiger partial charge in [-0.25, -0.2) is 13.7 Å². The molecule has 7 rings (SSSR count). The summed E-state index contributed by atoms with van der Waals surface area (Å²) in [6.45, 7) is 25.6. The number of rotatable bonds is 24. The average Bonchev–Trinajstić information content (AvgIpc) is 3.58. The van der Waals surface area contributed by atoms with E-state index in [1.807, 2.05) is 158 Å². The largest absolute Gasteiger partial charge is 0.507 e. The van der Waals surface area contributed by atoms with Crippen LogP contribution in [0.2, 0.25) is 0 Å². The number of phosphoric acid groups is 2. The van der Waals surface area contributed by atoms with E-state index in [4.69, 9.17) is 55.3 Å². The van der Waals surface area contributed by atoms with Gasteiger partial charge in [-0.15, -0.1) is 11.6 Å². The molecule has 0 atom stereocenters. The molecule has 0 aromatic heterocycles. The molecule has 0 aliphatic carbocycles. The smallest absolute Gasteiger partial charge is 0.478 e. The SMILES string of the molecule is C.CC(C)c1cccc(C(C)C)c1O.CC(C)c1cccc(C(C)C)c1OCCl.CC(C)c1cccc(C(C)C)c1OCOP(=O)(OCc1ccccc1)OCc1ccccc1.ClCI.O=P(O)(OCc1ccccc1)OCc1ccccc1.[Ag]. The fraction of sp³-hybridized carbons (Fsp3) is 0.382. The van der Waals surface area contributed by atoms with Crippen molar-refractivity contribution in [3.8, 4) is 17.2 Å². The summed E-state index contributed by atoms with van der Waals surface area (Å²) >= 11 is 12.7. The molecule has 7 aromatic carbocycles. The Morgan fingerprint density at radius 1 is 0.400 bits per heavy atom. The third-order valence-corrected chi connectivity index (χ3v) is 14.9. The van der Waals surface area contributed by atoms with Crippen molar-refractivity contribution >= 4 is 61.4 Å². The van der Waals surface area contributed by atoms with E-state index in [0.29, 0.717) is 33.3 Å². The fourth-order valence-corrected chi connectivity index (χ4v) is 9.91. The van der Waals surface area contributed by atoms with E-state index >= 15 is 0 Å². The van der Waals surface area contributed by atoms with Gasteiger partial charge >= 0.3 is 15.6 Å². The van der Waals surface area contributed by atoms with Gasteiger partial charge in [-0.3, -0.25) is 18.1 Å². The quantitative estimate of drug-likeness (QED) is 0.0197. The number of phenols is 1. The van der Waals surface area contributed by atoms with Crippen molar-refractivity contribution in [2.75, 3.05) is 16.7 Å². The molecule has 0 amide bonds. The Bertz CT molecular complexity index is 2800. The first-order valence-corrected chi connectivity index (χ1v) is 33.4. The van der Waals surface area contributed by atoms with Crippen molar-refractivity contribution in [2.24, 2.45) is 0 Å². The molecule has 2 N–H and O–H groups in total. The van der Waals surface area contributed by atoms with Crippen molar-refractivity contribution in [3.05, 3.63) is 232 Å². The maximum Gasteiger partial charge on any atom is 0.478 e. The first-order chi connectivity index (χ1) is 39.6. The summed E-state index contributed by atoms with van der Waals surface area (Å²) in [5.74, 6) is 4.45. The zero-order valence-electron chi connectivity index (χ0n) is 50.6. The molecule has 85 heavy (non-hydrogen) atoms. The number of aromatic hydroxyl groups is 1. The molecule has 0 heterocycles. The topological polar surface area (TPSA) is 139 Å². The predicted octanol–water partition coefficient (Wildman–Crippen LogP) is 21.7. The predicted molar refractivity (Wildman–Crippen MR) is 357 cm³/mol. The molecular formula is C68H91AgCl2IO11P2. The molecule has 11 nitrogen and oxygen atoms in total. The van der Waals surface area contributed by atoms with Gasteiger partial charge in [-0.2, -0.15) is 0 Å². The summed E-state index contributed by atoms with van der Waals surface area (Å²) in [5, 5.41) is 9.93. The molecule has 1 radical (unpaired) electrons. The Labute approximate surface area is 548 Å². The molecule has 7 aromatic rings. The Morgan fingerprint density at radius 3 is 0.906 bits per heavy atom. The van der Waals surface area contributed by atoms with Crippen molar-refractivity contribution in [1.82, 2.24) is 0 Å². The molecule has 17 heteroatoms. The third-order valence-electron chi connectivity index (χ3n) is 12.5. The van der Waals surface area contributed by atoms with Crippen molar-refractivity contribution in [2.45, 2.75) is 152 Å². The number of alkyl halides is 3. The van der Waals surface area contributed by atoms with Crippen LogP contribution in [0.4, 0.5) is 0 Å². The Hall–Kier alpha value is -3.79. The number of phenolic OH excluding ortho intramolecular Hbond substituents is 1. The van der Waals surface area contributed by atoms with Crippen molar-refractivity contribution < 1.29 is 73.6 Å². The summed E-state index contributed by atoms with van der Waals surface area (Å²) in [4.78, 5) is 9.55. The maximum atomic E-state index is 13.4. The van der Waals surface area contributed by atoms with E-state index in [9.17, 15) is 19.1 Å². The molecule has 0 unspecified atom stereocenters. The van der Waals surface area contributed by atoms with E-state index in [2.05, 4.69) is 124 Å². The monoisotopic (exact) mass is 1450 g/mol. The Kier molecular flexibility index (Phi) is 40.1. The zero-order chi connectivity index (χ0) is 61.4. The van der Waals surface area contributed by atoms with Crippen LogP contribution in [0.5, 0.6) is 17.2 Å². The number of halogens is 3. The van der Waals surface area contributed by atoms with Gasteiger partial charge in [-0.1, -0.05) is 301 Å².